The maximum Gasteiger partial charge on any atom is 0.254 e. The standard InChI is InChI=1S/C21H24N2O3/c1-14(2)26-13-15-6-8-16(9-7-15)21(25)23-11-10-18-17(12-23)4-3-5-19(18)20(22)24/h3-9,14H,10-13H2,1-2H3,(H2,22,24). The minimum absolute atomic E-state index is 0.00328. The van der Waals surface area contributed by atoms with Crippen LogP contribution in [0.1, 0.15) is 51.3 Å². The first-order valence-electron chi connectivity index (χ1n) is 8.86. The van der Waals surface area contributed by atoms with E-state index in [1.165, 1.54) is 0 Å². The lowest BCUT2D eigenvalue weighted by Gasteiger charge is -2.30. The number of hydrogen-bond donors (Lipinski definition) is 1. The summed E-state index contributed by atoms with van der Waals surface area (Å²) in [7, 11) is 0. The number of primary amides is 1. The van der Waals surface area contributed by atoms with Crippen molar-refractivity contribution >= 4 is 11.8 Å². The summed E-state index contributed by atoms with van der Waals surface area (Å²) in [6, 6.07) is 13.1. The van der Waals surface area contributed by atoms with Crippen LogP contribution in [0.15, 0.2) is 42.5 Å². The van der Waals surface area contributed by atoms with Crippen molar-refractivity contribution in [2.24, 2.45) is 5.73 Å². The van der Waals surface area contributed by atoms with E-state index in [0.717, 1.165) is 16.7 Å². The fourth-order valence-electron chi connectivity index (χ4n) is 3.20. The predicted molar refractivity (Wildman–Crippen MR) is 99.8 cm³/mol. The van der Waals surface area contributed by atoms with Crippen LogP contribution in [0, 0.1) is 0 Å². The van der Waals surface area contributed by atoms with Gasteiger partial charge in [0.15, 0.2) is 0 Å². The smallest absolute Gasteiger partial charge is 0.254 e. The third-order valence-electron chi connectivity index (χ3n) is 4.60. The highest BCUT2D eigenvalue weighted by Gasteiger charge is 2.24. The maximum atomic E-state index is 12.8. The van der Waals surface area contributed by atoms with E-state index in [2.05, 4.69) is 0 Å². The number of benzene rings is 2. The summed E-state index contributed by atoms with van der Waals surface area (Å²) in [5.74, 6) is -0.419. The van der Waals surface area contributed by atoms with Gasteiger partial charge in [-0.3, -0.25) is 9.59 Å². The second kappa shape index (κ2) is 7.70. The molecule has 2 aromatic carbocycles. The Morgan fingerprint density at radius 1 is 1.15 bits per heavy atom. The molecule has 1 aliphatic rings. The fraction of sp³-hybridized carbons (Fsp3) is 0.333. The van der Waals surface area contributed by atoms with Crippen LogP contribution >= 0.6 is 0 Å². The zero-order valence-corrected chi connectivity index (χ0v) is 15.2. The second-order valence-electron chi connectivity index (χ2n) is 6.84. The van der Waals surface area contributed by atoms with Gasteiger partial charge in [-0.15, -0.1) is 0 Å². The lowest BCUT2D eigenvalue weighted by atomic mass is 9.94. The third kappa shape index (κ3) is 3.94. The summed E-state index contributed by atoms with van der Waals surface area (Å²) in [6.07, 6.45) is 0.815. The molecule has 26 heavy (non-hydrogen) atoms. The summed E-state index contributed by atoms with van der Waals surface area (Å²) in [5, 5.41) is 0. The van der Waals surface area contributed by atoms with Crippen LogP contribution in [-0.4, -0.2) is 29.4 Å². The van der Waals surface area contributed by atoms with Gasteiger partial charge in [0.2, 0.25) is 5.91 Å². The van der Waals surface area contributed by atoms with Crippen LogP contribution in [0.5, 0.6) is 0 Å². The number of amides is 2. The Bertz CT molecular complexity index is 813. The van der Waals surface area contributed by atoms with Crippen LogP contribution in [-0.2, 0) is 24.3 Å². The van der Waals surface area contributed by atoms with Gasteiger partial charge in [0.05, 0.1) is 12.7 Å². The van der Waals surface area contributed by atoms with Gasteiger partial charge >= 0.3 is 0 Å². The Balaban J connectivity index is 1.71. The summed E-state index contributed by atoms with van der Waals surface area (Å²) < 4.78 is 5.58. The van der Waals surface area contributed by atoms with Gasteiger partial charge in [0.25, 0.3) is 5.91 Å². The Morgan fingerprint density at radius 2 is 1.88 bits per heavy atom. The van der Waals surface area contributed by atoms with Crippen LogP contribution in [0.4, 0.5) is 0 Å². The second-order valence-corrected chi connectivity index (χ2v) is 6.84. The molecule has 5 nitrogen and oxygen atoms in total. The average Bonchev–Trinajstić information content (AvgIpc) is 2.65. The van der Waals surface area contributed by atoms with Crippen LogP contribution < -0.4 is 5.73 Å². The quantitative estimate of drug-likeness (QED) is 0.899. The van der Waals surface area contributed by atoms with Crippen molar-refractivity contribution in [2.75, 3.05) is 6.54 Å². The first kappa shape index (κ1) is 18.1. The molecule has 0 saturated heterocycles. The van der Waals surface area contributed by atoms with E-state index in [1.54, 1.807) is 6.07 Å². The van der Waals surface area contributed by atoms with Gasteiger partial charge in [-0.2, -0.15) is 0 Å². The summed E-state index contributed by atoms with van der Waals surface area (Å²) in [4.78, 5) is 26.2. The molecule has 0 unspecified atom stereocenters. The molecule has 2 N–H and O–H groups in total. The first-order valence-corrected chi connectivity index (χ1v) is 8.86. The van der Waals surface area contributed by atoms with Gasteiger partial charge in [0.1, 0.15) is 0 Å². The molecule has 0 aromatic heterocycles. The van der Waals surface area contributed by atoms with E-state index < -0.39 is 5.91 Å². The van der Waals surface area contributed by atoms with Crippen molar-refractivity contribution in [3.63, 3.8) is 0 Å². The minimum Gasteiger partial charge on any atom is -0.374 e. The van der Waals surface area contributed by atoms with E-state index in [0.29, 0.717) is 37.2 Å². The normalized spacial score (nSPS) is 13.6. The summed E-state index contributed by atoms with van der Waals surface area (Å²) in [5.41, 5.74) is 9.67. The van der Waals surface area contributed by atoms with E-state index in [9.17, 15) is 9.59 Å². The number of carbonyl (C=O) groups is 2. The predicted octanol–water partition coefficient (Wildman–Crippen LogP) is 2.91. The van der Waals surface area contributed by atoms with Gasteiger partial charge < -0.3 is 15.4 Å². The van der Waals surface area contributed by atoms with Crippen LogP contribution in [0.3, 0.4) is 0 Å². The first-order chi connectivity index (χ1) is 12.5. The van der Waals surface area contributed by atoms with Crippen molar-refractivity contribution in [1.29, 1.82) is 0 Å². The van der Waals surface area contributed by atoms with Crippen molar-refractivity contribution in [3.05, 3.63) is 70.3 Å². The zero-order chi connectivity index (χ0) is 18.7. The maximum absolute atomic E-state index is 12.8. The Hall–Kier alpha value is -2.66. The monoisotopic (exact) mass is 352 g/mol. The molecule has 2 amide bonds. The van der Waals surface area contributed by atoms with Gasteiger partial charge in [-0.25, -0.2) is 0 Å². The molecule has 136 valence electrons. The lowest BCUT2D eigenvalue weighted by molar-refractivity contribution is 0.0655. The number of nitrogens with two attached hydrogens (primary N) is 1. The molecule has 3 rings (SSSR count). The van der Waals surface area contributed by atoms with Gasteiger partial charge in [0, 0.05) is 24.2 Å². The number of carbonyl (C=O) groups excluding carboxylic acids is 2. The Labute approximate surface area is 153 Å². The largest absolute Gasteiger partial charge is 0.374 e. The number of fused-ring (bicyclic) bond motifs is 1. The Kier molecular flexibility index (Phi) is 5.38. The molecule has 0 fully saturated rings. The molecule has 1 aliphatic heterocycles. The molecule has 0 spiro atoms. The molecule has 0 saturated carbocycles. The number of ether oxygens (including phenoxy) is 1. The Morgan fingerprint density at radius 3 is 2.54 bits per heavy atom. The number of hydrogen-bond acceptors (Lipinski definition) is 3. The van der Waals surface area contributed by atoms with Crippen molar-refractivity contribution in [1.82, 2.24) is 4.90 Å². The highest BCUT2D eigenvalue weighted by atomic mass is 16.5. The zero-order valence-electron chi connectivity index (χ0n) is 15.2. The molecular weight excluding hydrogens is 328 g/mol. The molecule has 2 aromatic rings. The third-order valence-corrected chi connectivity index (χ3v) is 4.60. The summed E-state index contributed by atoms with van der Waals surface area (Å²) in [6.45, 7) is 5.60. The molecule has 0 bridgehead atoms. The van der Waals surface area contributed by atoms with Crippen molar-refractivity contribution in [2.45, 2.75) is 39.5 Å². The van der Waals surface area contributed by atoms with Crippen LogP contribution in [0.25, 0.3) is 0 Å². The molecular formula is C21H24N2O3. The lowest BCUT2D eigenvalue weighted by Crippen LogP contribution is -2.36. The number of rotatable bonds is 5. The fourth-order valence-corrected chi connectivity index (χ4v) is 3.20. The number of nitrogens with zero attached hydrogens (tertiary/aromatic N) is 1. The summed E-state index contributed by atoms with van der Waals surface area (Å²) >= 11 is 0. The molecule has 1 heterocycles. The molecule has 0 aliphatic carbocycles. The topological polar surface area (TPSA) is 72.6 Å². The molecule has 5 heteroatoms. The van der Waals surface area contributed by atoms with E-state index >= 15 is 0 Å². The van der Waals surface area contributed by atoms with Crippen molar-refractivity contribution < 1.29 is 14.3 Å². The van der Waals surface area contributed by atoms with Crippen molar-refractivity contribution in [3.8, 4) is 0 Å². The SMILES string of the molecule is CC(C)OCc1ccc(C(=O)N2CCc3c(cccc3C(N)=O)C2)cc1. The van der Waals surface area contributed by atoms with Crippen LogP contribution in [0.2, 0.25) is 0 Å². The van der Waals surface area contributed by atoms with Gasteiger partial charge in [-0.05, 0) is 55.2 Å². The highest BCUT2D eigenvalue weighted by molar-refractivity contribution is 5.96. The molecule has 0 atom stereocenters. The minimum atomic E-state index is -0.416. The van der Waals surface area contributed by atoms with E-state index in [-0.39, 0.29) is 12.0 Å². The van der Waals surface area contributed by atoms with Gasteiger partial charge in [-0.1, -0.05) is 24.3 Å². The van der Waals surface area contributed by atoms with E-state index in [4.69, 9.17) is 10.5 Å². The highest BCUT2D eigenvalue weighted by Crippen LogP contribution is 2.24. The average molecular weight is 352 g/mol. The molecule has 0 radical (unpaired) electrons. The van der Waals surface area contributed by atoms with E-state index in [1.807, 2.05) is 55.1 Å².